The van der Waals surface area contributed by atoms with E-state index in [0.29, 0.717) is 15.6 Å². The van der Waals surface area contributed by atoms with Gasteiger partial charge in [0.1, 0.15) is 17.5 Å². The van der Waals surface area contributed by atoms with Gasteiger partial charge in [0.05, 0.1) is 47.5 Å². The highest BCUT2D eigenvalue weighted by atomic mass is 35.5. The van der Waals surface area contributed by atoms with E-state index < -0.39 is 71.8 Å². The van der Waals surface area contributed by atoms with Crippen LogP contribution in [0, 0.1) is 17.6 Å². The minimum atomic E-state index is -5.04. The Balaban J connectivity index is 1.69. The Labute approximate surface area is 247 Å². The topological polar surface area (TPSA) is 120 Å². The van der Waals surface area contributed by atoms with E-state index >= 15 is 0 Å². The van der Waals surface area contributed by atoms with Gasteiger partial charge in [0, 0.05) is 18.8 Å². The van der Waals surface area contributed by atoms with Gasteiger partial charge in [0.25, 0.3) is 5.91 Å². The van der Waals surface area contributed by atoms with Crippen molar-refractivity contribution in [3.05, 3.63) is 75.7 Å². The smallest absolute Gasteiger partial charge is 0.433 e. The number of aromatic nitrogens is 3. The van der Waals surface area contributed by atoms with Gasteiger partial charge < -0.3 is 15.4 Å². The number of esters is 1. The fraction of sp³-hybridized carbons (Fsp3) is 0.393. The first-order valence-corrected chi connectivity index (χ1v) is 13.7. The minimum absolute atomic E-state index is 0.107. The molecule has 0 spiro atoms. The third kappa shape index (κ3) is 7.29. The maximum Gasteiger partial charge on any atom is 0.433 e. The molecule has 0 atom stereocenters. The molecule has 1 fully saturated rings. The Hall–Kier alpha value is -4.07. The maximum absolute atomic E-state index is 14.5. The molecular weight excluding hydrogens is 601 g/mol. The molecule has 9 nitrogen and oxygen atoms in total. The van der Waals surface area contributed by atoms with Crippen molar-refractivity contribution in [2.24, 2.45) is 5.92 Å². The standard InChI is InChI=1S/C28H27ClF5N5O4/c1-2-43-27(42)16-3-5-19(6-4-16)39-24(28(32,33)34)20(12-37-39)26(41)38(13-15-9-17(30)11-18(31)10-15)14-22(40)23-21(29)7-8-36-25(23)35/h7-12,16,19H,2-6,13-14H2,1H3,(H2,35,36). The van der Waals surface area contributed by atoms with Crippen molar-refractivity contribution >= 4 is 35.1 Å². The number of carbonyl (C=O) groups excluding carboxylic acids is 3. The van der Waals surface area contributed by atoms with Crippen molar-refractivity contribution in [3.8, 4) is 0 Å². The van der Waals surface area contributed by atoms with Crippen molar-refractivity contribution in [2.45, 2.75) is 51.4 Å². The molecule has 4 rings (SSSR count). The van der Waals surface area contributed by atoms with E-state index in [1.165, 1.54) is 12.3 Å². The number of nitrogens with two attached hydrogens (primary N) is 1. The maximum atomic E-state index is 14.5. The number of hydrogen-bond acceptors (Lipinski definition) is 7. The van der Waals surface area contributed by atoms with Crippen LogP contribution in [0.15, 0.2) is 36.7 Å². The van der Waals surface area contributed by atoms with Gasteiger partial charge in [0.2, 0.25) is 0 Å². The number of Topliss-reactive ketones (excluding diaryl/α,β-unsaturated/α-hetero) is 1. The molecule has 15 heteroatoms. The molecule has 0 unspecified atom stereocenters. The van der Waals surface area contributed by atoms with Crippen LogP contribution in [0.2, 0.25) is 5.02 Å². The molecule has 3 aromatic rings. The van der Waals surface area contributed by atoms with Crippen molar-refractivity contribution in [3.63, 3.8) is 0 Å². The summed E-state index contributed by atoms with van der Waals surface area (Å²) in [5.74, 6) is -5.26. The molecule has 1 aliphatic carbocycles. The number of rotatable bonds is 9. The predicted molar refractivity (Wildman–Crippen MR) is 144 cm³/mol. The van der Waals surface area contributed by atoms with Crippen LogP contribution < -0.4 is 5.73 Å². The number of nitrogen functional groups attached to an aromatic ring is 1. The van der Waals surface area contributed by atoms with E-state index in [2.05, 4.69) is 10.1 Å². The molecule has 0 radical (unpaired) electrons. The summed E-state index contributed by atoms with van der Waals surface area (Å²) in [6.07, 6.45) is -2.19. The summed E-state index contributed by atoms with van der Waals surface area (Å²) in [7, 11) is 0. The lowest BCUT2D eigenvalue weighted by atomic mass is 9.86. The van der Waals surface area contributed by atoms with E-state index in [1.54, 1.807) is 6.92 Å². The van der Waals surface area contributed by atoms with E-state index in [-0.39, 0.29) is 54.3 Å². The first-order valence-electron chi connectivity index (χ1n) is 13.3. The molecular formula is C28H27ClF5N5O4. The molecule has 1 saturated carbocycles. The van der Waals surface area contributed by atoms with Crippen molar-refractivity contribution in [1.82, 2.24) is 19.7 Å². The molecule has 0 aliphatic heterocycles. The highest BCUT2D eigenvalue weighted by Crippen LogP contribution is 2.39. The molecule has 1 aromatic carbocycles. The predicted octanol–water partition coefficient (Wildman–Crippen LogP) is 5.63. The molecule has 2 heterocycles. The van der Waals surface area contributed by atoms with E-state index in [4.69, 9.17) is 22.1 Å². The van der Waals surface area contributed by atoms with Crippen LogP contribution in [0.3, 0.4) is 0 Å². The zero-order chi connectivity index (χ0) is 31.5. The lowest BCUT2D eigenvalue weighted by molar-refractivity contribution is -0.151. The molecule has 1 aliphatic rings. The average molecular weight is 628 g/mol. The Morgan fingerprint density at radius 3 is 2.35 bits per heavy atom. The molecule has 0 bridgehead atoms. The quantitative estimate of drug-likeness (QED) is 0.185. The summed E-state index contributed by atoms with van der Waals surface area (Å²) in [4.78, 5) is 43.5. The Morgan fingerprint density at radius 1 is 1.12 bits per heavy atom. The molecule has 2 N–H and O–H groups in total. The van der Waals surface area contributed by atoms with Crippen molar-refractivity contribution in [1.29, 1.82) is 0 Å². The van der Waals surface area contributed by atoms with Gasteiger partial charge in [-0.05, 0) is 56.4 Å². The summed E-state index contributed by atoms with van der Waals surface area (Å²) >= 11 is 6.09. The fourth-order valence-electron chi connectivity index (χ4n) is 5.17. The monoisotopic (exact) mass is 627 g/mol. The lowest BCUT2D eigenvalue weighted by Crippen LogP contribution is -2.37. The molecule has 1 amide bonds. The van der Waals surface area contributed by atoms with Crippen molar-refractivity contribution in [2.75, 3.05) is 18.9 Å². The van der Waals surface area contributed by atoms with Crippen LogP contribution in [0.25, 0.3) is 0 Å². The molecule has 0 saturated heterocycles. The van der Waals surface area contributed by atoms with Crippen LogP contribution in [0.1, 0.15) is 70.6 Å². The second-order valence-electron chi connectivity index (χ2n) is 10.0. The molecule has 43 heavy (non-hydrogen) atoms. The normalized spacial score (nSPS) is 17.0. The highest BCUT2D eigenvalue weighted by molar-refractivity contribution is 6.34. The van der Waals surface area contributed by atoms with Crippen LogP contribution in [-0.2, 0) is 22.3 Å². The average Bonchev–Trinajstić information content (AvgIpc) is 3.38. The van der Waals surface area contributed by atoms with Gasteiger partial charge in [-0.25, -0.2) is 13.8 Å². The summed E-state index contributed by atoms with van der Waals surface area (Å²) < 4.78 is 77.1. The highest BCUT2D eigenvalue weighted by Gasteiger charge is 2.43. The number of amides is 1. The summed E-state index contributed by atoms with van der Waals surface area (Å²) in [5.41, 5.74) is 3.18. The number of ketones is 1. The van der Waals surface area contributed by atoms with Gasteiger partial charge in [-0.15, -0.1) is 0 Å². The lowest BCUT2D eigenvalue weighted by Gasteiger charge is -2.29. The summed E-state index contributed by atoms with van der Waals surface area (Å²) in [5, 5.41) is 3.79. The number of halogens is 6. The van der Waals surface area contributed by atoms with Gasteiger partial charge >= 0.3 is 12.1 Å². The van der Waals surface area contributed by atoms with Crippen molar-refractivity contribution < 1.29 is 41.1 Å². The van der Waals surface area contributed by atoms with Crippen LogP contribution in [0.4, 0.5) is 27.8 Å². The van der Waals surface area contributed by atoms with Crippen LogP contribution in [0.5, 0.6) is 0 Å². The SMILES string of the molecule is CCOC(=O)C1CCC(n2ncc(C(=O)N(CC(=O)c3c(Cl)ccnc3N)Cc3cc(F)cc(F)c3)c2C(F)(F)F)CC1. The molecule has 2 aromatic heterocycles. The number of hydrogen-bond donors (Lipinski definition) is 1. The Bertz CT molecular complexity index is 1480. The first-order chi connectivity index (χ1) is 20.3. The van der Waals surface area contributed by atoms with Crippen LogP contribution >= 0.6 is 11.6 Å². The third-order valence-corrected chi connectivity index (χ3v) is 7.40. The Kier molecular flexibility index (Phi) is 9.68. The largest absolute Gasteiger partial charge is 0.466 e. The van der Waals surface area contributed by atoms with Gasteiger partial charge in [0.15, 0.2) is 11.5 Å². The number of benzene rings is 1. The number of ether oxygens (including phenoxy) is 1. The van der Waals surface area contributed by atoms with E-state index in [0.717, 1.165) is 18.3 Å². The zero-order valence-corrected chi connectivity index (χ0v) is 23.6. The summed E-state index contributed by atoms with van der Waals surface area (Å²) in [6.45, 7) is 0.357. The number of alkyl halides is 3. The van der Waals surface area contributed by atoms with Gasteiger partial charge in [-0.1, -0.05) is 11.6 Å². The number of pyridine rings is 1. The first kappa shape index (κ1) is 31.9. The second kappa shape index (κ2) is 13.1. The van der Waals surface area contributed by atoms with Crippen LogP contribution in [-0.4, -0.2) is 50.5 Å². The Morgan fingerprint density at radius 2 is 1.77 bits per heavy atom. The van der Waals surface area contributed by atoms with E-state index in [9.17, 15) is 36.3 Å². The van der Waals surface area contributed by atoms with E-state index in [1.807, 2.05) is 0 Å². The minimum Gasteiger partial charge on any atom is -0.466 e. The van der Waals surface area contributed by atoms with Gasteiger partial charge in [-0.2, -0.15) is 18.3 Å². The number of anilines is 1. The number of nitrogens with zero attached hydrogens (tertiary/aromatic N) is 4. The summed E-state index contributed by atoms with van der Waals surface area (Å²) in [6, 6.07) is 2.84. The van der Waals surface area contributed by atoms with Gasteiger partial charge in [-0.3, -0.25) is 19.1 Å². The second-order valence-corrected chi connectivity index (χ2v) is 10.4. The number of carbonyl (C=O) groups is 3. The third-order valence-electron chi connectivity index (χ3n) is 7.08. The fourth-order valence-corrected chi connectivity index (χ4v) is 5.43. The zero-order valence-electron chi connectivity index (χ0n) is 22.8. The molecule has 230 valence electrons.